The second kappa shape index (κ2) is 5.41. The first-order valence-corrected chi connectivity index (χ1v) is 8.32. The molecule has 1 N–H and O–H groups in total. The Labute approximate surface area is 129 Å². The Morgan fingerprint density at radius 2 is 1.95 bits per heavy atom. The lowest BCUT2D eigenvalue weighted by Crippen LogP contribution is -2.51. The van der Waals surface area contributed by atoms with Gasteiger partial charge in [0, 0.05) is 18.2 Å². The molecule has 2 amide bonds. The van der Waals surface area contributed by atoms with Gasteiger partial charge in [0.25, 0.3) is 0 Å². The fourth-order valence-corrected chi connectivity index (χ4v) is 3.43. The van der Waals surface area contributed by atoms with Crippen molar-refractivity contribution >= 4 is 11.8 Å². The van der Waals surface area contributed by atoms with E-state index in [0.29, 0.717) is 19.1 Å². The molecule has 118 valence electrons. The Kier molecular flexibility index (Phi) is 3.39. The highest BCUT2D eigenvalue weighted by molar-refractivity contribution is 5.84. The summed E-state index contributed by atoms with van der Waals surface area (Å²) in [6.07, 6.45) is 9.95. The summed E-state index contributed by atoms with van der Waals surface area (Å²) in [6, 6.07) is -0.0203. The number of amides is 2. The van der Waals surface area contributed by atoms with E-state index < -0.39 is 0 Å². The van der Waals surface area contributed by atoms with Crippen LogP contribution in [0.15, 0.2) is 12.5 Å². The van der Waals surface area contributed by atoms with Crippen LogP contribution in [0.25, 0.3) is 0 Å². The molecule has 1 aromatic heterocycles. The van der Waals surface area contributed by atoms with Crippen molar-refractivity contribution in [3.8, 4) is 0 Å². The Morgan fingerprint density at radius 3 is 2.59 bits per heavy atom. The van der Waals surface area contributed by atoms with E-state index in [0.717, 1.165) is 37.8 Å². The molecule has 0 radical (unpaired) electrons. The fraction of sp³-hybridized carbons (Fsp3) is 0.688. The SMILES string of the molecule is O=C(NC1CCC1)[C@@H]1CN(C(=O)C2CCC2)Cc2cncn21. The summed E-state index contributed by atoms with van der Waals surface area (Å²) in [7, 11) is 0. The third-order valence-corrected chi connectivity index (χ3v) is 5.35. The Bertz CT molecular complexity index is 589. The molecule has 2 heterocycles. The van der Waals surface area contributed by atoms with E-state index in [1.165, 1.54) is 6.42 Å². The van der Waals surface area contributed by atoms with Crippen molar-refractivity contribution < 1.29 is 9.59 Å². The number of nitrogens with zero attached hydrogens (tertiary/aromatic N) is 3. The minimum absolute atomic E-state index is 0.0232. The number of hydrogen-bond acceptors (Lipinski definition) is 3. The van der Waals surface area contributed by atoms with Crippen molar-refractivity contribution in [2.24, 2.45) is 5.92 Å². The average Bonchev–Trinajstić information content (AvgIpc) is 2.87. The predicted molar refractivity (Wildman–Crippen MR) is 79.8 cm³/mol. The van der Waals surface area contributed by atoms with E-state index in [2.05, 4.69) is 10.3 Å². The van der Waals surface area contributed by atoms with Crippen LogP contribution in [0.4, 0.5) is 0 Å². The van der Waals surface area contributed by atoms with Crippen LogP contribution in [0.5, 0.6) is 0 Å². The molecule has 2 aliphatic carbocycles. The monoisotopic (exact) mass is 302 g/mol. The number of imidazole rings is 1. The largest absolute Gasteiger partial charge is 0.352 e. The molecule has 22 heavy (non-hydrogen) atoms. The normalized spacial score (nSPS) is 25.1. The van der Waals surface area contributed by atoms with E-state index in [1.807, 2.05) is 9.47 Å². The van der Waals surface area contributed by atoms with Gasteiger partial charge in [0.1, 0.15) is 6.04 Å². The predicted octanol–water partition coefficient (Wildman–Crippen LogP) is 1.24. The molecule has 0 bridgehead atoms. The van der Waals surface area contributed by atoms with Gasteiger partial charge in [-0.3, -0.25) is 9.59 Å². The van der Waals surface area contributed by atoms with Crippen molar-refractivity contribution in [3.05, 3.63) is 18.2 Å². The van der Waals surface area contributed by atoms with Gasteiger partial charge in [0.2, 0.25) is 11.8 Å². The molecule has 0 aromatic carbocycles. The van der Waals surface area contributed by atoms with E-state index in [1.54, 1.807) is 12.5 Å². The molecule has 2 saturated carbocycles. The number of rotatable bonds is 3. The van der Waals surface area contributed by atoms with Crippen LogP contribution in [0.2, 0.25) is 0 Å². The van der Waals surface area contributed by atoms with Crippen LogP contribution >= 0.6 is 0 Å². The molecule has 6 heteroatoms. The lowest BCUT2D eigenvalue weighted by molar-refractivity contribution is -0.141. The third kappa shape index (κ3) is 2.30. The van der Waals surface area contributed by atoms with E-state index in [9.17, 15) is 9.59 Å². The van der Waals surface area contributed by atoms with Crippen molar-refractivity contribution in [1.29, 1.82) is 0 Å². The van der Waals surface area contributed by atoms with E-state index in [-0.39, 0.29) is 23.8 Å². The number of carbonyl (C=O) groups is 2. The van der Waals surface area contributed by atoms with Gasteiger partial charge in [0.05, 0.1) is 25.1 Å². The molecular weight excluding hydrogens is 280 g/mol. The molecule has 1 aliphatic heterocycles. The topological polar surface area (TPSA) is 67.2 Å². The zero-order valence-electron chi connectivity index (χ0n) is 12.7. The standard InChI is InChI=1S/C16H22N4O2/c21-15(18-12-5-2-6-12)14-9-19(16(22)11-3-1-4-11)8-13-7-17-10-20(13)14/h7,10-12,14H,1-6,8-9H2,(H,18,21)/t14-/m0/s1. The van der Waals surface area contributed by atoms with Crippen molar-refractivity contribution in [1.82, 2.24) is 19.8 Å². The lowest BCUT2D eigenvalue weighted by atomic mass is 9.84. The van der Waals surface area contributed by atoms with Gasteiger partial charge < -0.3 is 14.8 Å². The highest BCUT2D eigenvalue weighted by Gasteiger charge is 2.37. The molecule has 0 saturated heterocycles. The Hall–Kier alpha value is -1.85. The fourth-order valence-electron chi connectivity index (χ4n) is 3.43. The second-order valence-electron chi connectivity index (χ2n) is 6.79. The summed E-state index contributed by atoms with van der Waals surface area (Å²) < 4.78 is 1.93. The first-order chi connectivity index (χ1) is 10.7. The zero-order valence-corrected chi connectivity index (χ0v) is 12.7. The number of fused-ring (bicyclic) bond motifs is 1. The van der Waals surface area contributed by atoms with E-state index in [4.69, 9.17) is 0 Å². The lowest BCUT2D eigenvalue weighted by Gasteiger charge is -2.38. The van der Waals surface area contributed by atoms with Gasteiger partial charge >= 0.3 is 0 Å². The van der Waals surface area contributed by atoms with Gasteiger partial charge in [0.15, 0.2) is 0 Å². The summed E-state index contributed by atoms with van der Waals surface area (Å²) in [5.41, 5.74) is 0.952. The molecule has 2 fully saturated rings. The molecule has 6 nitrogen and oxygen atoms in total. The van der Waals surface area contributed by atoms with Crippen molar-refractivity contribution in [2.45, 2.75) is 57.2 Å². The van der Waals surface area contributed by atoms with Gasteiger partial charge in [-0.25, -0.2) is 4.98 Å². The summed E-state index contributed by atoms with van der Waals surface area (Å²) >= 11 is 0. The Morgan fingerprint density at radius 1 is 1.18 bits per heavy atom. The van der Waals surface area contributed by atoms with Gasteiger partial charge in [-0.2, -0.15) is 0 Å². The molecule has 0 spiro atoms. The van der Waals surface area contributed by atoms with Crippen LogP contribution < -0.4 is 5.32 Å². The summed E-state index contributed by atoms with van der Waals surface area (Å²) in [6.45, 7) is 1.04. The zero-order chi connectivity index (χ0) is 15.1. The minimum Gasteiger partial charge on any atom is -0.352 e. The van der Waals surface area contributed by atoms with E-state index >= 15 is 0 Å². The van der Waals surface area contributed by atoms with Crippen LogP contribution in [0, 0.1) is 5.92 Å². The van der Waals surface area contributed by atoms with Gasteiger partial charge in [-0.05, 0) is 32.1 Å². The first kappa shape index (κ1) is 13.8. The summed E-state index contributed by atoms with van der Waals surface area (Å²) in [5, 5.41) is 3.11. The average molecular weight is 302 g/mol. The number of hydrogen-bond donors (Lipinski definition) is 1. The van der Waals surface area contributed by atoms with Crippen molar-refractivity contribution in [3.63, 3.8) is 0 Å². The first-order valence-electron chi connectivity index (χ1n) is 8.32. The molecule has 1 atom stereocenters. The summed E-state index contributed by atoms with van der Waals surface area (Å²) in [4.78, 5) is 31.1. The smallest absolute Gasteiger partial charge is 0.245 e. The van der Waals surface area contributed by atoms with Gasteiger partial charge in [-0.1, -0.05) is 6.42 Å². The maximum absolute atomic E-state index is 12.6. The van der Waals surface area contributed by atoms with Crippen LogP contribution in [0.3, 0.4) is 0 Å². The Balaban J connectivity index is 1.51. The molecule has 4 rings (SSSR count). The van der Waals surface area contributed by atoms with Crippen molar-refractivity contribution in [2.75, 3.05) is 6.54 Å². The maximum atomic E-state index is 12.6. The number of aromatic nitrogens is 2. The van der Waals surface area contributed by atoms with Crippen LogP contribution in [-0.4, -0.2) is 38.9 Å². The minimum atomic E-state index is -0.337. The molecule has 0 unspecified atom stereocenters. The molecular formula is C16H22N4O2. The highest BCUT2D eigenvalue weighted by Crippen LogP contribution is 2.31. The third-order valence-electron chi connectivity index (χ3n) is 5.35. The molecule has 1 aromatic rings. The number of nitrogens with one attached hydrogen (secondary N) is 1. The quantitative estimate of drug-likeness (QED) is 0.913. The van der Waals surface area contributed by atoms with Crippen LogP contribution in [0.1, 0.15) is 50.3 Å². The summed E-state index contributed by atoms with van der Waals surface area (Å²) in [5.74, 6) is 0.403. The van der Waals surface area contributed by atoms with Crippen LogP contribution in [-0.2, 0) is 16.1 Å². The maximum Gasteiger partial charge on any atom is 0.245 e. The molecule has 3 aliphatic rings. The van der Waals surface area contributed by atoms with Gasteiger partial charge in [-0.15, -0.1) is 0 Å². The number of carbonyl (C=O) groups excluding carboxylic acids is 2. The highest BCUT2D eigenvalue weighted by atomic mass is 16.2. The second-order valence-corrected chi connectivity index (χ2v) is 6.79.